The van der Waals surface area contributed by atoms with Crippen molar-refractivity contribution in [3.05, 3.63) is 27.6 Å². The average molecular weight is 291 g/mol. The molecule has 1 N–H and O–H groups in total. The van der Waals surface area contributed by atoms with Crippen LogP contribution in [0.3, 0.4) is 0 Å². The number of amides is 1. The smallest absolute Gasteiger partial charge is 0.271 e. The van der Waals surface area contributed by atoms with E-state index < -0.39 is 0 Å². The van der Waals surface area contributed by atoms with Gasteiger partial charge in [0.25, 0.3) is 5.56 Å². The Balaban J connectivity index is 1.78. The summed E-state index contributed by atoms with van der Waals surface area (Å²) < 4.78 is 2.02. The predicted octanol–water partition coefficient (Wildman–Crippen LogP) is 1.83. The lowest BCUT2D eigenvalue weighted by molar-refractivity contribution is -0.122. The minimum atomic E-state index is -0.130. The second-order valence-electron chi connectivity index (χ2n) is 5.32. The van der Waals surface area contributed by atoms with E-state index >= 15 is 0 Å². The highest BCUT2D eigenvalue weighted by atomic mass is 32.1. The summed E-state index contributed by atoms with van der Waals surface area (Å²) in [6, 6.07) is 0.277. The van der Waals surface area contributed by atoms with Gasteiger partial charge in [0.15, 0.2) is 0 Å². The molecule has 106 valence electrons. The van der Waals surface area contributed by atoms with Gasteiger partial charge in [0.2, 0.25) is 5.91 Å². The summed E-state index contributed by atoms with van der Waals surface area (Å²) in [5.41, 5.74) is 1.62. The molecule has 0 aromatic carbocycles. The standard InChI is InChI=1S/C14H17N3O2S/c1-9-7-20-13-12(9)15-8-17(14(13)19)6-11(18)16-10-4-2-3-5-10/h7-8,10H,2-6H2,1H3,(H,16,18). The SMILES string of the molecule is Cc1csc2c(=O)n(CC(=O)NC3CCCC3)cnc12. The van der Waals surface area contributed by atoms with Crippen LogP contribution in [0.25, 0.3) is 10.2 Å². The Hall–Kier alpha value is -1.69. The number of fused-ring (bicyclic) bond motifs is 1. The average Bonchev–Trinajstić information content (AvgIpc) is 3.04. The first kappa shape index (κ1) is 13.3. The number of hydrogen-bond donors (Lipinski definition) is 1. The molecular weight excluding hydrogens is 274 g/mol. The molecule has 0 unspecified atom stereocenters. The van der Waals surface area contributed by atoms with Gasteiger partial charge in [-0.25, -0.2) is 4.98 Å². The number of nitrogens with one attached hydrogen (secondary N) is 1. The van der Waals surface area contributed by atoms with Gasteiger partial charge in [-0.2, -0.15) is 0 Å². The molecule has 0 bridgehead atoms. The third kappa shape index (κ3) is 2.47. The van der Waals surface area contributed by atoms with Crippen molar-refractivity contribution < 1.29 is 4.79 Å². The number of hydrogen-bond acceptors (Lipinski definition) is 4. The van der Waals surface area contributed by atoms with Crippen LogP contribution in [0, 0.1) is 6.92 Å². The van der Waals surface area contributed by atoms with E-state index in [4.69, 9.17) is 0 Å². The summed E-state index contributed by atoms with van der Waals surface area (Å²) in [6.07, 6.45) is 5.91. The van der Waals surface area contributed by atoms with Crippen molar-refractivity contribution in [2.45, 2.75) is 45.2 Å². The summed E-state index contributed by atoms with van der Waals surface area (Å²) in [6.45, 7) is 1.98. The van der Waals surface area contributed by atoms with Gasteiger partial charge >= 0.3 is 0 Å². The van der Waals surface area contributed by atoms with Crippen molar-refractivity contribution in [1.29, 1.82) is 0 Å². The van der Waals surface area contributed by atoms with Gasteiger partial charge in [0.1, 0.15) is 11.2 Å². The number of thiophene rings is 1. The van der Waals surface area contributed by atoms with Gasteiger partial charge < -0.3 is 5.32 Å². The number of nitrogens with zero attached hydrogens (tertiary/aromatic N) is 2. The molecule has 2 aromatic rings. The van der Waals surface area contributed by atoms with E-state index in [2.05, 4.69) is 10.3 Å². The summed E-state index contributed by atoms with van der Waals surface area (Å²) >= 11 is 1.39. The molecule has 1 aliphatic rings. The van der Waals surface area contributed by atoms with Crippen LogP contribution in [-0.2, 0) is 11.3 Å². The summed E-state index contributed by atoms with van der Waals surface area (Å²) in [5.74, 6) is -0.103. The molecule has 1 saturated carbocycles. The van der Waals surface area contributed by atoms with Crippen molar-refractivity contribution >= 4 is 27.5 Å². The normalized spacial score (nSPS) is 15.8. The highest BCUT2D eigenvalue weighted by molar-refractivity contribution is 7.17. The van der Waals surface area contributed by atoms with Crippen molar-refractivity contribution in [2.75, 3.05) is 0 Å². The Kier molecular flexibility index (Phi) is 3.56. The van der Waals surface area contributed by atoms with Crippen LogP contribution >= 0.6 is 11.3 Å². The van der Waals surface area contributed by atoms with E-state index in [0.717, 1.165) is 23.9 Å². The first-order valence-corrected chi connectivity index (χ1v) is 7.75. The lowest BCUT2D eigenvalue weighted by atomic mass is 10.2. The molecule has 0 atom stereocenters. The summed E-state index contributed by atoms with van der Waals surface area (Å²) in [7, 11) is 0. The lowest BCUT2D eigenvalue weighted by Gasteiger charge is -2.12. The van der Waals surface area contributed by atoms with Crippen molar-refractivity contribution in [3.8, 4) is 0 Å². The van der Waals surface area contributed by atoms with Gasteiger partial charge in [-0.3, -0.25) is 14.2 Å². The summed E-state index contributed by atoms with van der Waals surface area (Å²) in [4.78, 5) is 28.5. The van der Waals surface area contributed by atoms with Crippen LogP contribution < -0.4 is 10.9 Å². The first-order chi connectivity index (χ1) is 9.65. The molecule has 0 spiro atoms. The van der Waals surface area contributed by atoms with E-state index in [0.29, 0.717) is 4.70 Å². The highest BCUT2D eigenvalue weighted by Crippen LogP contribution is 2.19. The van der Waals surface area contributed by atoms with Crippen LogP contribution in [0.2, 0.25) is 0 Å². The van der Waals surface area contributed by atoms with E-state index in [-0.39, 0.29) is 24.1 Å². The van der Waals surface area contributed by atoms with E-state index in [1.54, 1.807) is 0 Å². The zero-order valence-corrected chi connectivity index (χ0v) is 12.2. The first-order valence-electron chi connectivity index (χ1n) is 6.88. The van der Waals surface area contributed by atoms with Crippen LogP contribution in [-0.4, -0.2) is 21.5 Å². The molecule has 6 heteroatoms. The molecule has 0 saturated heterocycles. The van der Waals surface area contributed by atoms with Crippen LogP contribution in [0.4, 0.5) is 0 Å². The zero-order valence-electron chi connectivity index (χ0n) is 11.4. The van der Waals surface area contributed by atoms with Gasteiger partial charge in [0, 0.05) is 6.04 Å². The van der Waals surface area contributed by atoms with Crippen molar-refractivity contribution in [3.63, 3.8) is 0 Å². The van der Waals surface area contributed by atoms with Crippen molar-refractivity contribution in [2.24, 2.45) is 0 Å². The second kappa shape index (κ2) is 5.36. The highest BCUT2D eigenvalue weighted by Gasteiger charge is 2.18. The lowest BCUT2D eigenvalue weighted by Crippen LogP contribution is -2.37. The topological polar surface area (TPSA) is 64.0 Å². The van der Waals surface area contributed by atoms with Gasteiger partial charge in [-0.15, -0.1) is 11.3 Å². The van der Waals surface area contributed by atoms with Crippen molar-refractivity contribution in [1.82, 2.24) is 14.9 Å². The Morgan fingerprint density at radius 2 is 2.25 bits per heavy atom. The number of aryl methyl sites for hydroxylation is 1. The van der Waals surface area contributed by atoms with Gasteiger partial charge in [-0.05, 0) is 30.7 Å². The molecule has 1 amide bonds. The Bertz CT molecular complexity index is 698. The maximum absolute atomic E-state index is 12.3. The molecule has 1 fully saturated rings. The third-order valence-electron chi connectivity index (χ3n) is 3.76. The molecule has 2 aromatic heterocycles. The van der Waals surface area contributed by atoms with Gasteiger partial charge in [0.05, 0.1) is 11.8 Å². The van der Waals surface area contributed by atoms with E-state index in [1.807, 2.05) is 12.3 Å². The molecule has 20 heavy (non-hydrogen) atoms. The maximum Gasteiger partial charge on any atom is 0.271 e. The fourth-order valence-electron chi connectivity index (χ4n) is 2.67. The molecule has 2 heterocycles. The molecule has 5 nitrogen and oxygen atoms in total. The minimum Gasteiger partial charge on any atom is -0.352 e. The van der Waals surface area contributed by atoms with Crippen LogP contribution in [0.15, 0.2) is 16.5 Å². The summed E-state index contributed by atoms with van der Waals surface area (Å²) in [5, 5.41) is 4.90. The number of aromatic nitrogens is 2. The quantitative estimate of drug-likeness (QED) is 0.938. The molecule has 3 rings (SSSR count). The fraction of sp³-hybridized carbons (Fsp3) is 0.500. The van der Waals surface area contributed by atoms with Crippen LogP contribution in [0.1, 0.15) is 31.2 Å². The van der Waals surface area contributed by atoms with E-state index in [9.17, 15) is 9.59 Å². The predicted molar refractivity (Wildman–Crippen MR) is 79.0 cm³/mol. The second-order valence-corrected chi connectivity index (χ2v) is 6.20. The molecule has 0 aliphatic heterocycles. The third-order valence-corrected chi connectivity index (χ3v) is 4.83. The fourth-order valence-corrected chi connectivity index (χ4v) is 3.62. The monoisotopic (exact) mass is 291 g/mol. The largest absolute Gasteiger partial charge is 0.352 e. The Morgan fingerprint density at radius 3 is 3.00 bits per heavy atom. The van der Waals surface area contributed by atoms with Crippen LogP contribution in [0.5, 0.6) is 0 Å². The maximum atomic E-state index is 12.3. The van der Waals surface area contributed by atoms with E-state index in [1.165, 1.54) is 35.1 Å². The molecule has 0 radical (unpaired) electrons. The number of rotatable bonds is 3. The van der Waals surface area contributed by atoms with Gasteiger partial charge in [-0.1, -0.05) is 12.8 Å². The zero-order chi connectivity index (χ0) is 14.1. The number of carbonyl (C=O) groups excluding carboxylic acids is 1. The minimum absolute atomic E-state index is 0.0508. The molecular formula is C14H17N3O2S. The number of carbonyl (C=O) groups is 1. The molecule has 1 aliphatic carbocycles. The Labute approximate surface area is 120 Å². The Morgan fingerprint density at radius 1 is 1.50 bits per heavy atom.